The molecule has 1 amide bonds. The maximum Gasteiger partial charge on any atom is 0.242 e. The predicted octanol–water partition coefficient (Wildman–Crippen LogP) is 1.33. The van der Waals surface area contributed by atoms with E-state index in [0.717, 1.165) is 25.5 Å². The molecule has 6 nitrogen and oxygen atoms in total. The van der Waals surface area contributed by atoms with E-state index in [4.69, 9.17) is 0 Å². The summed E-state index contributed by atoms with van der Waals surface area (Å²) in [5, 5.41) is 9.40. The van der Waals surface area contributed by atoms with Crippen molar-refractivity contribution in [3.8, 4) is 0 Å². The number of likely N-dealkylation sites (tertiary alicyclic amines) is 1. The second-order valence-corrected chi connectivity index (χ2v) is 7.18. The van der Waals surface area contributed by atoms with E-state index in [-0.39, 0.29) is 18.0 Å². The van der Waals surface area contributed by atoms with Crippen LogP contribution in [-0.2, 0) is 4.79 Å². The summed E-state index contributed by atoms with van der Waals surface area (Å²) in [5.41, 5.74) is -0.214. The Morgan fingerprint density at radius 2 is 1.83 bits per heavy atom. The van der Waals surface area contributed by atoms with Gasteiger partial charge in [-0.2, -0.15) is 0 Å². The lowest BCUT2D eigenvalue weighted by Crippen LogP contribution is -2.43. The summed E-state index contributed by atoms with van der Waals surface area (Å²) in [5.74, 6) is 0.668. The van der Waals surface area contributed by atoms with E-state index in [1.807, 2.05) is 27.7 Å². The van der Waals surface area contributed by atoms with Crippen molar-refractivity contribution in [3.05, 3.63) is 0 Å². The summed E-state index contributed by atoms with van der Waals surface area (Å²) in [6, 6.07) is 0. The van der Waals surface area contributed by atoms with Crippen molar-refractivity contribution in [3.63, 3.8) is 0 Å². The first kappa shape index (κ1) is 19.7. The maximum atomic E-state index is 11.8. The van der Waals surface area contributed by atoms with Crippen molar-refractivity contribution in [2.45, 2.75) is 58.9 Å². The highest BCUT2D eigenvalue weighted by atomic mass is 16.2. The highest BCUT2D eigenvalue weighted by Gasteiger charge is 2.13. The molecular formula is C17H35N5O. The molecule has 0 saturated carbocycles. The van der Waals surface area contributed by atoms with Crippen molar-refractivity contribution in [1.82, 2.24) is 20.9 Å². The smallest absolute Gasteiger partial charge is 0.242 e. The molecule has 3 N–H and O–H groups in total. The van der Waals surface area contributed by atoms with Gasteiger partial charge in [-0.15, -0.1) is 0 Å². The van der Waals surface area contributed by atoms with Crippen LogP contribution in [0.5, 0.6) is 0 Å². The lowest BCUT2D eigenvalue weighted by atomic mass is 10.1. The van der Waals surface area contributed by atoms with Crippen LogP contribution >= 0.6 is 0 Å². The van der Waals surface area contributed by atoms with Crippen molar-refractivity contribution in [1.29, 1.82) is 0 Å². The molecule has 0 spiro atoms. The predicted molar refractivity (Wildman–Crippen MR) is 96.8 cm³/mol. The second kappa shape index (κ2) is 10.5. The van der Waals surface area contributed by atoms with Crippen molar-refractivity contribution < 1.29 is 4.79 Å². The monoisotopic (exact) mass is 325 g/mol. The molecule has 0 radical (unpaired) electrons. The summed E-state index contributed by atoms with van der Waals surface area (Å²) in [4.78, 5) is 18.7. The molecular weight excluding hydrogens is 290 g/mol. The van der Waals surface area contributed by atoms with E-state index in [0.29, 0.717) is 0 Å². The van der Waals surface area contributed by atoms with Gasteiger partial charge in [-0.05, 0) is 73.0 Å². The van der Waals surface area contributed by atoms with Gasteiger partial charge >= 0.3 is 0 Å². The summed E-state index contributed by atoms with van der Waals surface area (Å²) in [6.07, 6.45) is 5.03. The van der Waals surface area contributed by atoms with E-state index in [9.17, 15) is 4.79 Å². The van der Waals surface area contributed by atoms with Gasteiger partial charge in [0.05, 0.1) is 0 Å². The number of aliphatic imine (C=N–C) groups is 1. The molecule has 1 heterocycles. The highest BCUT2D eigenvalue weighted by Crippen LogP contribution is 2.07. The average molecular weight is 326 g/mol. The summed E-state index contributed by atoms with van der Waals surface area (Å²) < 4.78 is 0. The molecule has 0 unspecified atom stereocenters. The lowest BCUT2D eigenvalue weighted by Gasteiger charge is -2.20. The second-order valence-electron chi connectivity index (χ2n) is 7.18. The van der Waals surface area contributed by atoms with E-state index in [1.165, 1.54) is 38.9 Å². The Kier molecular flexibility index (Phi) is 8.99. The molecule has 1 saturated heterocycles. The molecule has 0 aromatic carbocycles. The van der Waals surface area contributed by atoms with Crippen molar-refractivity contribution >= 4 is 11.9 Å². The van der Waals surface area contributed by atoms with Crippen LogP contribution in [0.15, 0.2) is 4.99 Å². The van der Waals surface area contributed by atoms with Crippen molar-refractivity contribution in [2.24, 2.45) is 4.99 Å². The van der Waals surface area contributed by atoms with E-state index < -0.39 is 0 Å². The topological polar surface area (TPSA) is 68.8 Å². The van der Waals surface area contributed by atoms with Crippen LogP contribution in [0.2, 0.25) is 0 Å². The van der Waals surface area contributed by atoms with E-state index >= 15 is 0 Å². The van der Waals surface area contributed by atoms with Crippen LogP contribution in [0, 0.1) is 0 Å². The summed E-state index contributed by atoms with van der Waals surface area (Å²) in [7, 11) is 0. The molecule has 1 rings (SSSR count). The van der Waals surface area contributed by atoms with Crippen LogP contribution in [0.1, 0.15) is 53.4 Å². The molecule has 1 fully saturated rings. The van der Waals surface area contributed by atoms with Gasteiger partial charge in [0.2, 0.25) is 5.91 Å². The van der Waals surface area contributed by atoms with E-state index in [1.54, 1.807) is 0 Å². The third kappa shape index (κ3) is 10.2. The Balaban J connectivity index is 2.21. The van der Waals surface area contributed by atoms with Crippen LogP contribution in [0.4, 0.5) is 0 Å². The molecule has 23 heavy (non-hydrogen) atoms. The standard InChI is InChI=1S/C17H35N5O/c1-5-18-16(20-14-15(23)21-17(2,3)4)19-10-6-7-11-22-12-8-9-13-22/h5-14H2,1-4H3,(H,21,23)(H2,18,19,20). The molecule has 0 aliphatic carbocycles. The van der Waals surface area contributed by atoms with E-state index in [2.05, 4.69) is 25.8 Å². The minimum absolute atomic E-state index is 0.0521. The zero-order valence-electron chi connectivity index (χ0n) is 15.4. The first-order valence-corrected chi connectivity index (χ1v) is 8.96. The molecule has 0 aromatic heterocycles. The Labute approximate surface area is 141 Å². The van der Waals surface area contributed by atoms with Crippen molar-refractivity contribution in [2.75, 3.05) is 39.3 Å². The average Bonchev–Trinajstić information content (AvgIpc) is 2.95. The van der Waals surface area contributed by atoms with Gasteiger partial charge in [0, 0.05) is 18.6 Å². The van der Waals surface area contributed by atoms with Crippen LogP contribution in [0.25, 0.3) is 0 Å². The number of unbranched alkanes of at least 4 members (excludes halogenated alkanes) is 1. The number of hydrogen-bond donors (Lipinski definition) is 3. The van der Waals surface area contributed by atoms with Gasteiger partial charge in [0.25, 0.3) is 0 Å². The van der Waals surface area contributed by atoms with Crippen LogP contribution < -0.4 is 16.0 Å². The molecule has 6 heteroatoms. The molecule has 1 aliphatic heterocycles. The number of nitrogens with zero attached hydrogens (tertiary/aromatic N) is 2. The highest BCUT2D eigenvalue weighted by molar-refractivity contribution is 5.85. The van der Waals surface area contributed by atoms with Gasteiger partial charge in [-0.25, -0.2) is 4.99 Å². The Morgan fingerprint density at radius 3 is 2.43 bits per heavy atom. The Hall–Kier alpha value is -1.30. The lowest BCUT2D eigenvalue weighted by molar-refractivity contribution is -0.121. The Bertz CT molecular complexity index is 370. The van der Waals surface area contributed by atoms with Gasteiger partial charge in [0.1, 0.15) is 6.54 Å². The zero-order chi connectivity index (χ0) is 17.1. The maximum absolute atomic E-state index is 11.8. The number of hydrogen-bond acceptors (Lipinski definition) is 3. The molecule has 0 aromatic rings. The molecule has 0 bridgehead atoms. The third-order valence-electron chi connectivity index (χ3n) is 3.63. The number of nitrogens with one attached hydrogen (secondary N) is 3. The first-order valence-electron chi connectivity index (χ1n) is 8.96. The minimum Gasteiger partial charge on any atom is -0.357 e. The number of rotatable bonds is 8. The largest absolute Gasteiger partial charge is 0.357 e. The minimum atomic E-state index is -0.214. The number of carbonyl (C=O) groups excluding carboxylic acids is 1. The number of guanidine groups is 1. The summed E-state index contributed by atoms with van der Waals surface area (Å²) in [6.45, 7) is 13.5. The zero-order valence-corrected chi connectivity index (χ0v) is 15.4. The SMILES string of the molecule is CCNC(=NCC(=O)NC(C)(C)C)NCCCCN1CCCC1. The first-order chi connectivity index (χ1) is 10.9. The summed E-state index contributed by atoms with van der Waals surface area (Å²) >= 11 is 0. The van der Waals surface area contributed by atoms with Gasteiger partial charge in [-0.3, -0.25) is 4.79 Å². The third-order valence-corrected chi connectivity index (χ3v) is 3.63. The van der Waals surface area contributed by atoms with Gasteiger partial charge < -0.3 is 20.9 Å². The van der Waals surface area contributed by atoms with Gasteiger partial charge in [-0.1, -0.05) is 0 Å². The van der Waals surface area contributed by atoms with Crippen LogP contribution in [0.3, 0.4) is 0 Å². The fourth-order valence-corrected chi connectivity index (χ4v) is 2.62. The fourth-order valence-electron chi connectivity index (χ4n) is 2.62. The molecule has 1 aliphatic rings. The number of amides is 1. The quantitative estimate of drug-likeness (QED) is 0.358. The van der Waals surface area contributed by atoms with Crippen LogP contribution in [-0.4, -0.2) is 61.6 Å². The Morgan fingerprint density at radius 1 is 1.13 bits per heavy atom. The fraction of sp³-hybridized carbons (Fsp3) is 0.882. The molecule has 0 atom stereocenters. The van der Waals surface area contributed by atoms with Gasteiger partial charge in [0.15, 0.2) is 5.96 Å². The normalized spacial score (nSPS) is 16.4. The number of carbonyl (C=O) groups is 1. The molecule has 134 valence electrons.